The fourth-order valence-electron chi connectivity index (χ4n) is 4.68. The van der Waals surface area contributed by atoms with E-state index in [0.717, 1.165) is 5.56 Å². The summed E-state index contributed by atoms with van der Waals surface area (Å²) in [5, 5.41) is 10.3. The molecule has 262 valence electrons. The second-order valence-corrected chi connectivity index (χ2v) is 12.2. The van der Waals surface area contributed by atoms with Gasteiger partial charge >= 0.3 is 12.1 Å². The van der Waals surface area contributed by atoms with E-state index in [-0.39, 0.29) is 19.3 Å². The Morgan fingerprint density at radius 1 is 0.688 bits per heavy atom. The van der Waals surface area contributed by atoms with E-state index < -0.39 is 71.9 Å². The summed E-state index contributed by atoms with van der Waals surface area (Å²) in [6.45, 7) is 5.36. The van der Waals surface area contributed by atoms with Crippen LogP contribution in [0.4, 0.5) is 4.79 Å². The van der Waals surface area contributed by atoms with Crippen LogP contribution in [0.15, 0.2) is 60.7 Å². The van der Waals surface area contributed by atoms with Gasteiger partial charge < -0.3 is 42.2 Å². The minimum Gasteiger partial charge on any atom is -0.467 e. The van der Waals surface area contributed by atoms with Gasteiger partial charge in [-0.05, 0) is 57.7 Å². The molecule has 4 atom stereocenters. The molecule has 14 heteroatoms. The predicted molar refractivity (Wildman–Crippen MR) is 178 cm³/mol. The summed E-state index contributed by atoms with van der Waals surface area (Å²) in [6.07, 6.45) is -0.0978. The highest BCUT2D eigenvalue weighted by molar-refractivity contribution is 5.96. The predicted octanol–water partition coefficient (Wildman–Crippen LogP) is 0.997. The molecular weight excluding hydrogens is 620 g/mol. The lowest BCUT2D eigenvalue weighted by atomic mass is 10.0. The number of primary amides is 1. The summed E-state index contributed by atoms with van der Waals surface area (Å²) in [4.78, 5) is 77.9. The van der Waals surface area contributed by atoms with Crippen molar-refractivity contribution in [2.75, 3.05) is 13.7 Å². The first kappa shape index (κ1) is 39.2. The molecule has 0 bridgehead atoms. The molecule has 14 nitrogen and oxygen atoms in total. The minimum atomic E-state index is -1.50. The van der Waals surface area contributed by atoms with Crippen molar-refractivity contribution < 1.29 is 38.2 Å². The number of esters is 1. The molecule has 0 aliphatic rings. The third kappa shape index (κ3) is 14.6. The zero-order valence-corrected chi connectivity index (χ0v) is 28.0. The van der Waals surface area contributed by atoms with Crippen molar-refractivity contribution in [3.63, 3.8) is 0 Å². The molecule has 0 saturated carbocycles. The molecule has 2 rings (SSSR count). The number of carbonyl (C=O) groups is 6. The molecule has 0 heterocycles. The Hall–Kier alpha value is -4.98. The molecule has 0 spiro atoms. The lowest BCUT2D eigenvalue weighted by Crippen LogP contribution is -2.59. The first-order valence-corrected chi connectivity index (χ1v) is 15.8. The van der Waals surface area contributed by atoms with Crippen LogP contribution >= 0.6 is 0 Å². The third-order valence-corrected chi connectivity index (χ3v) is 6.99. The summed E-state index contributed by atoms with van der Waals surface area (Å²) >= 11 is 0. The zero-order chi connectivity index (χ0) is 35.7. The number of hydrogen-bond donors (Lipinski definition) is 6. The lowest BCUT2D eigenvalue weighted by molar-refractivity contribution is -0.145. The second-order valence-electron chi connectivity index (χ2n) is 12.2. The average Bonchev–Trinajstić information content (AvgIpc) is 3.02. The van der Waals surface area contributed by atoms with E-state index >= 15 is 0 Å². The molecule has 8 N–H and O–H groups in total. The Kier molecular flexibility index (Phi) is 16.0. The number of nitrogens with one attached hydrogen (secondary N) is 4. The standard InChI is InChI=1S/C34H48N6O8/c1-34(2,3)48-33(46)40-24(17-11-12-18-35)29(42)38-26(21-28(36)41)31(44)37-25(19-22-13-7-5-8-14-22)30(43)39-27(32(45)47-4)20-23-15-9-6-10-16-23/h5-10,13-16,24-27H,11-12,17-21,35H2,1-4H3,(H2,36,41)(H,37,44)(H,38,42)(H,39,43)(H,40,46)/t24-,25-,26-,27-/m0/s1. The molecular formula is C34H48N6O8. The largest absolute Gasteiger partial charge is 0.467 e. The minimum absolute atomic E-state index is 0.0107. The molecule has 0 aliphatic heterocycles. The quantitative estimate of drug-likeness (QED) is 0.0984. The van der Waals surface area contributed by atoms with Gasteiger partial charge in [0, 0.05) is 12.8 Å². The smallest absolute Gasteiger partial charge is 0.408 e. The highest BCUT2D eigenvalue weighted by Crippen LogP contribution is 2.11. The number of carbonyl (C=O) groups excluding carboxylic acids is 6. The van der Waals surface area contributed by atoms with Gasteiger partial charge in [-0.1, -0.05) is 60.7 Å². The summed E-state index contributed by atoms with van der Waals surface area (Å²) in [7, 11) is 1.20. The van der Waals surface area contributed by atoms with Gasteiger partial charge in [-0.2, -0.15) is 0 Å². The van der Waals surface area contributed by atoms with Crippen LogP contribution in [0.1, 0.15) is 57.6 Å². The highest BCUT2D eigenvalue weighted by atomic mass is 16.6. The Balaban J connectivity index is 2.31. The van der Waals surface area contributed by atoms with E-state index in [1.54, 1.807) is 75.4 Å². The van der Waals surface area contributed by atoms with Crippen molar-refractivity contribution in [3.05, 3.63) is 71.8 Å². The van der Waals surface area contributed by atoms with Crippen molar-refractivity contribution in [2.45, 2.75) is 89.1 Å². The van der Waals surface area contributed by atoms with Crippen LogP contribution in [-0.4, -0.2) is 79.1 Å². The van der Waals surface area contributed by atoms with E-state index in [1.165, 1.54) is 7.11 Å². The van der Waals surface area contributed by atoms with Crippen molar-refractivity contribution in [1.82, 2.24) is 21.3 Å². The van der Waals surface area contributed by atoms with Gasteiger partial charge in [0.05, 0.1) is 13.5 Å². The number of amides is 5. The number of alkyl carbamates (subject to hydrolysis) is 1. The normalized spacial score (nSPS) is 13.5. The molecule has 0 aliphatic carbocycles. The maximum absolute atomic E-state index is 13.7. The second kappa shape index (κ2) is 19.6. The monoisotopic (exact) mass is 668 g/mol. The Bertz CT molecular complexity index is 1370. The molecule has 2 aromatic rings. The fourth-order valence-corrected chi connectivity index (χ4v) is 4.68. The molecule has 0 fully saturated rings. The summed E-state index contributed by atoms with van der Waals surface area (Å²) in [5.41, 5.74) is 11.6. The highest BCUT2D eigenvalue weighted by Gasteiger charge is 2.33. The molecule has 0 unspecified atom stereocenters. The van der Waals surface area contributed by atoms with Crippen LogP contribution in [0.5, 0.6) is 0 Å². The van der Waals surface area contributed by atoms with E-state index in [4.69, 9.17) is 20.9 Å². The van der Waals surface area contributed by atoms with Gasteiger partial charge in [0.1, 0.15) is 29.8 Å². The zero-order valence-electron chi connectivity index (χ0n) is 28.0. The average molecular weight is 669 g/mol. The van der Waals surface area contributed by atoms with E-state index in [9.17, 15) is 28.8 Å². The lowest BCUT2D eigenvalue weighted by Gasteiger charge is -2.27. The third-order valence-electron chi connectivity index (χ3n) is 6.99. The Morgan fingerprint density at radius 3 is 1.67 bits per heavy atom. The van der Waals surface area contributed by atoms with Gasteiger partial charge in [0.15, 0.2) is 0 Å². The molecule has 2 aromatic carbocycles. The van der Waals surface area contributed by atoms with E-state index in [1.807, 2.05) is 6.07 Å². The van der Waals surface area contributed by atoms with E-state index in [0.29, 0.717) is 24.9 Å². The van der Waals surface area contributed by atoms with E-state index in [2.05, 4.69) is 21.3 Å². The van der Waals surface area contributed by atoms with Gasteiger partial charge in [-0.25, -0.2) is 9.59 Å². The molecule has 0 saturated heterocycles. The summed E-state index contributed by atoms with van der Waals surface area (Å²) in [5.74, 6) is -3.93. The number of unbranched alkanes of at least 4 members (excludes halogenated alkanes) is 1. The van der Waals surface area contributed by atoms with Crippen molar-refractivity contribution in [2.24, 2.45) is 11.5 Å². The number of rotatable bonds is 18. The van der Waals surface area contributed by atoms with Crippen LogP contribution in [0.2, 0.25) is 0 Å². The van der Waals surface area contributed by atoms with Crippen molar-refractivity contribution in [1.29, 1.82) is 0 Å². The number of methoxy groups -OCH3 is 1. The summed E-state index contributed by atoms with van der Waals surface area (Å²) in [6, 6.07) is 12.9. The first-order valence-electron chi connectivity index (χ1n) is 15.8. The van der Waals surface area contributed by atoms with Crippen molar-refractivity contribution in [3.8, 4) is 0 Å². The van der Waals surface area contributed by atoms with Crippen LogP contribution in [0, 0.1) is 0 Å². The van der Waals surface area contributed by atoms with Gasteiger partial charge in [0.2, 0.25) is 23.6 Å². The van der Waals surface area contributed by atoms with Crippen LogP contribution in [0.25, 0.3) is 0 Å². The number of benzene rings is 2. The van der Waals surface area contributed by atoms with Crippen molar-refractivity contribution >= 4 is 35.7 Å². The van der Waals surface area contributed by atoms with Gasteiger partial charge in [-0.3, -0.25) is 19.2 Å². The van der Waals surface area contributed by atoms with Crippen LogP contribution < -0.4 is 32.7 Å². The Labute approximate surface area is 281 Å². The van der Waals surface area contributed by atoms with Crippen LogP contribution in [-0.2, 0) is 46.3 Å². The van der Waals surface area contributed by atoms with Crippen LogP contribution in [0.3, 0.4) is 0 Å². The fraction of sp³-hybridized carbons (Fsp3) is 0.471. The molecule has 0 radical (unpaired) electrons. The van der Waals surface area contributed by atoms with Gasteiger partial charge in [-0.15, -0.1) is 0 Å². The molecule has 5 amide bonds. The number of hydrogen-bond acceptors (Lipinski definition) is 9. The molecule has 0 aromatic heterocycles. The first-order chi connectivity index (χ1) is 22.7. The SMILES string of the molecule is COC(=O)[C@H](Cc1ccccc1)NC(=O)[C@H](Cc1ccccc1)NC(=O)[C@H](CC(N)=O)NC(=O)[C@H](CCCCN)NC(=O)OC(C)(C)C. The number of ether oxygens (including phenoxy) is 2. The maximum atomic E-state index is 13.7. The van der Waals surface area contributed by atoms with Gasteiger partial charge in [0.25, 0.3) is 0 Å². The topological polar surface area (TPSA) is 221 Å². The summed E-state index contributed by atoms with van der Waals surface area (Å²) < 4.78 is 10.2. The Morgan fingerprint density at radius 2 is 1.17 bits per heavy atom. The maximum Gasteiger partial charge on any atom is 0.408 e. The molecule has 48 heavy (non-hydrogen) atoms. The number of nitrogens with two attached hydrogens (primary N) is 2.